The SMILES string of the molecule is CC(C)(C)OC(=O)N1CCC2(CC1)CC(n1nc(-c3ccc(Oc4ccccc4)cc3)c3c(N)ncnc31)C2. The van der Waals surface area contributed by atoms with Crippen LogP contribution in [0.4, 0.5) is 10.6 Å². The minimum absolute atomic E-state index is 0.219. The topological polar surface area (TPSA) is 108 Å². The van der Waals surface area contributed by atoms with Crippen molar-refractivity contribution in [2.45, 2.75) is 58.1 Å². The molecule has 1 aliphatic heterocycles. The number of hydrogen-bond donors (Lipinski definition) is 1. The second-order valence-corrected chi connectivity index (χ2v) is 11.7. The van der Waals surface area contributed by atoms with Gasteiger partial charge in [0.25, 0.3) is 0 Å². The molecule has 0 unspecified atom stereocenters. The summed E-state index contributed by atoms with van der Waals surface area (Å²) < 4.78 is 13.6. The van der Waals surface area contributed by atoms with Crippen molar-refractivity contribution in [1.82, 2.24) is 24.6 Å². The number of aromatic nitrogens is 4. The molecular weight excluding hydrogens is 492 g/mol. The third-order valence-electron chi connectivity index (χ3n) is 7.78. The van der Waals surface area contributed by atoms with Crippen molar-refractivity contribution in [1.29, 1.82) is 0 Å². The lowest BCUT2D eigenvalue weighted by Gasteiger charge is -2.52. The summed E-state index contributed by atoms with van der Waals surface area (Å²) >= 11 is 0. The number of carbonyl (C=O) groups excluding carboxylic acids is 1. The number of anilines is 1. The fourth-order valence-electron chi connectivity index (χ4n) is 5.77. The second kappa shape index (κ2) is 9.55. The quantitative estimate of drug-likeness (QED) is 0.336. The molecule has 2 aromatic carbocycles. The number of nitrogens with two attached hydrogens (primary N) is 1. The van der Waals surface area contributed by atoms with E-state index in [1.807, 2.05) is 85.0 Å². The molecule has 6 rings (SSSR count). The number of likely N-dealkylation sites (tertiary alicyclic amines) is 1. The zero-order valence-electron chi connectivity index (χ0n) is 22.6. The van der Waals surface area contributed by atoms with E-state index in [1.54, 1.807) is 0 Å². The Labute approximate surface area is 227 Å². The van der Waals surface area contributed by atoms with Crippen molar-refractivity contribution in [3.05, 3.63) is 60.9 Å². The van der Waals surface area contributed by atoms with Crippen molar-refractivity contribution in [2.75, 3.05) is 18.8 Å². The standard InChI is InChI=1S/C30H34N6O3/c1-29(2,3)39-28(37)35-15-13-30(14-16-35)17-21(18-30)36-27-24(26(31)32-19-33-27)25(34-36)20-9-11-23(12-10-20)38-22-7-5-4-6-8-22/h4-12,19,21H,13-18H2,1-3H3,(H2,31,32,33). The highest BCUT2D eigenvalue weighted by Crippen LogP contribution is 2.55. The van der Waals surface area contributed by atoms with E-state index in [0.29, 0.717) is 5.82 Å². The Morgan fingerprint density at radius 2 is 1.64 bits per heavy atom. The van der Waals surface area contributed by atoms with Crippen LogP contribution in [0.3, 0.4) is 0 Å². The number of para-hydroxylation sites is 1. The Morgan fingerprint density at radius 3 is 2.31 bits per heavy atom. The van der Waals surface area contributed by atoms with Gasteiger partial charge in [0.15, 0.2) is 5.65 Å². The van der Waals surface area contributed by atoms with E-state index in [9.17, 15) is 4.79 Å². The molecule has 9 nitrogen and oxygen atoms in total. The Morgan fingerprint density at radius 1 is 0.974 bits per heavy atom. The molecule has 2 N–H and O–H groups in total. The maximum absolute atomic E-state index is 12.5. The molecule has 9 heteroatoms. The van der Waals surface area contributed by atoms with Crippen LogP contribution in [0, 0.1) is 5.41 Å². The van der Waals surface area contributed by atoms with Crippen molar-refractivity contribution in [3.63, 3.8) is 0 Å². The fraction of sp³-hybridized carbons (Fsp3) is 0.400. The van der Waals surface area contributed by atoms with Crippen molar-refractivity contribution in [2.24, 2.45) is 5.41 Å². The third-order valence-corrected chi connectivity index (χ3v) is 7.78. The maximum Gasteiger partial charge on any atom is 0.410 e. The molecule has 0 bridgehead atoms. The van der Waals surface area contributed by atoms with E-state index in [-0.39, 0.29) is 17.6 Å². The monoisotopic (exact) mass is 526 g/mol. The van der Waals surface area contributed by atoms with E-state index in [0.717, 1.165) is 72.6 Å². The van der Waals surface area contributed by atoms with Crippen LogP contribution in [0.25, 0.3) is 22.3 Å². The molecule has 1 saturated heterocycles. The van der Waals surface area contributed by atoms with Crippen molar-refractivity contribution >= 4 is 22.9 Å². The Hall–Kier alpha value is -4.14. The molecule has 2 fully saturated rings. The average Bonchev–Trinajstić information content (AvgIpc) is 3.28. The molecule has 1 aliphatic carbocycles. The van der Waals surface area contributed by atoms with E-state index in [2.05, 4.69) is 9.97 Å². The average molecular weight is 527 g/mol. The first-order valence-electron chi connectivity index (χ1n) is 13.5. The largest absolute Gasteiger partial charge is 0.457 e. The van der Waals surface area contributed by atoms with Gasteiger partial charge in [-0.15, -0.1) is 0 Å². The van der Waals surface area contributed by atoms with Gasteiger partial charge in [-0.25, -0.2) is 19.4 Å². The molecule has 2 aromatic heterocycles. The lowest BCUT2D eigenvalue weighted by atomic mass is 9.60. The molecular formula is C30H34N6O3. The van der Waals surface area contributed by atoms with Crippen LogP contribution in [0.15, 0.2) is 60.9 Å². The van der Waals surface area contributed by atoms with E-state index in [4.69, 9.17) is 20.3 Å². The molecule has 1 saturated carbocycles. The van der Waals surface area contributed by atoms with E-state index >= 15 is 0 Å². The van der Waals surface area contributed by atoms with Gasteiger partial charge in [-0.1, -0.05) is 18.2 Å². The molecule has 0 radical (unpaired) electrons. The number of nitrogens with zero attached hydrogens (tertiary/aromatic N) is 5. The predicted molar refractivity (Wildman–Crippen MR) is 149 cm³/mol. The summed E-state index contributed by atoms with van der Waals surface area (Å²) in [5.74, 6) is 1.95. The summed E-state index contributed by atoms with van der Waals surface area (Å²) in [5.41, 5.74) is 8.54. The van der Waals surface area contributed by atoms with Gasteiger partial charge in [-0.05, 0) is 88.3 Å². The van der Waals surface area contributed by atoms with Gasteiger partial charge in [0.1, 0.15) is 34.9 Å². The summed E-state index contributed by atoms with van der Waals surface area (Å²) in [6, 6.07) is 17.8. The van der Waals surface area contributed by atoms with Crippen LogP contribution in [0.1, 0.15) is 52.5 Å². The summed E-state index contributed by atoms with van der Waals surface area (Å²) in [6.45, 7) is 7.15. The smallest absolute Gasteiger partial charge is 0.410 e. The molecule has 4 aromatic rings. The zero-order valence-corrected chi connectivity index (χ0v) is 22.6. The molecule has 0 atom stereocenters. The zero-order chi connectivity index (χ0) is 27.2. The van der Waals surface area contributed by atoms with Crippen LogP contribution in [-0.4, -0.2) is 49.4 Å². The van der Waals surface area contributed by atoms with Crippen molar-refractivity contribution in [3.8, 4) is 22.8 Å². The number of benzene rings is 2. The highest BCUT2D eigenvalue weighted by molar-refractivity contribution is 5.98. The molecule has 1 spiro atoms. The van der Waals surface area contributed by atoms with Gasteiger partial charge in [0, 0.05) is 18.7 Å². The van der Waals surface area contributed by atoms with Crippen molar-refractivity contribution < 1.29 is 14.3 Å². The minimum Gasteiger partial charge on any atom is -0.457 e. The lowest BCUT2D eigenvalue weighted by molar-refractivity contribution is -0.0249. The highest BCUT2D eigenvalue weighted by atomic mass is 16.6. The summed E-state index contributed by atoms with van der Waals surface area (Å²) in [6.07, 6.45) is 5.22. The van der Waals surface area contributed by atoms with E-state index in [1.165, 1.54) is 6.33 Å². The molecule has 1 amide bonds. The van der Waals surface area contributed by atoms with Crippen LogP contribution >= 0.6 is 0 Å². The number of fused-ring (bicyclic) bond motifs is 1. The Balaban J connectivity index is 1.19. The number of carbonyl (C=O) groups is 1. The van der Waals surface area contributed by atoms with Gasteiger partial charge in [0.05, 0.1) is 11.4 Å². The Kier molecular flexibility index (Phi) is 6.16. The third kappa shape index (κ3) is 5.01. The van der Waals surface area contributed by atoms with Gasteiger partial charge in [0.2, 0.25) is 0 Å². The number of nitrogen functional groups attached to an aromatic ring is 1. The lowest BCUT2D eigenvalue weighted by Crippen LogP contribution is -2.50. The normalized spacial score (nSPS) is 17.3. The molecule has 39 heavy (non-hydrogen) atoms. The van der Waals surface area contributed by atoms with E-state index < -0.39 is 5.60 Å². The molecule has 2 aliphatic rings. The van der Waals surface area contributed by atoms with Gasteiger partial charge in [-0.3, -0.25) is 0 Å². The highest BCUT2D eigenvalue weighted by Gasteiger charge is 2.48. The van der Waals surface area contributed by atoms with Crippen LogP contribution in [0.2, 0.25) is 0 Å². The predicted octanol–water partition coefficient (Wildman–Crippen LogP) is 6.22. The summed E-state index contributed by atoms with van der Waals surface area (Å²) in [5, 5.41) is 5.80. The first-order chi connectivity index (χ1) is 18.7. The number of rotatable bonds is 4. The molecule has 202 valence electrons. The van der Waals surface area contributed by atoms with Gasteiger partial charge >= 0.3 is 6.09 Å². The summed E-state index contributed by atoms with van der Waals surface area (Å²) in [7, 11) is 0. The second-order valence-electron chi connectivity index (χ2n) is 11.7. The first kappa shape index (κ1) is 25.2. The Bertz CT molecular complexity index is 1480. The minimum atomic E-state index is -0.481. The van der Waals surface area contributed by atoms with Crippen LogP contribution in [-0.2, 0) is 4.74 Å². The number of amides is 1. The number of ether oxygens (including phenoxy) is 2. The summed E-state index contributed by atoms with van der Waals surface area (Å²) in [4.78, 5) is 23.2. The first-order valence-corrected chi connectivity index (χ1v) is 13.5. The molecule has 3 heterocycles. The maximum atomic E-state index is 12.5. The fourth-order valence-corrected chi connectivity index (χ4v) is 5.77. The number of hydrogen-bond acceptors (Lipinski definition) is 7. The number of piperidine rings is 1. The van der Waals surface area contributed by atoms with Gasteiger partial charge < -0.3 is 20.1 Å². The van der Waals surface area contributed by atoms with Gasteiger partial charge in [-0.2, -0.15) is 5.10 Å². The van der Waals surface area contributed by atoms with Crippen LogP contribution < -0.4 is 10.5 Å². The van der Waals surface area contributed by atoms with Crippen LogP contribution in [0.5, 0.6) is 11.5 Å².